The number of hydrogen-bond donors (Lipinski definition) is 3. The van der Waals surface area contributed by atoms with Gasteiger partial charge in [-0.2, -0.15) is 4.98 Å². The second-order valence-corrected chi connectivity index (χ2v) is 7.61. The Morgan fingerprint density at radius 2 is 1.83 bits per heavy atom. The van der Waals surface area contributed by atoms with Crippen LogP contribution in [0.5, 0.6) is 0 Å². The van der Waals surface area contributed by atoms with E-state index in [9.17, 15) is 13.6 Å². The van der Waals surface area contributed by atoms with Gasteiger partial charge in [-0.25, -0.2) is 23.5 Å². The van der Waals surface area contributed by atoms with E-state index in [1.807, 2.05) is 46.7 Å². The van der Waals surface area contributed by atoms with E-state index in [0.717, 1.165) is 41.8 Å². The van der Waals surface area contributed by atoms with Crippen LogP contribution in [-0.4, -0.2) is 60.3 Å². The molecule has 0 bridgehead atoms. The number of carbonyl (C=O) groups excluding carboxylic acids is 1. The van der Waals surface area contributed by atoms with Crippen LogP contribution in [0.1, 0.15) is 39.0 Å². The van der Waals surface area contributed by atoms with Gasteiger partial charge >= 0.3 is 6.03 Å². The predicted molar refractivity (Wildman–Crippen MR) is 138 cm³/mol. The number of aliphatic hydroxyl groups is 1. The zero-order valence-electron chi connectivity index (χ0n) is 21.5. The number of fused-ring (bicyclic) bond motifs is 1. The molecule has 2 amide bonds. The zero-order valence-corrected chi connectivity index (χ0v) is 21.5. The van der Waals surface area contributed by atoms with Gasteiger partial charge in [-0.05, 0) is 45.6 Å². The number of aliphatic hydroxyl groups excluding tert-OH is 1. The van der Waals surface area contributed by atoms with E-state index in [0.29, 0.717) is 17.8 Å². The molecule has 192 valence electrons. The van der Waals surface area contributed by atoms with Gasteiger partial charge in [-0.3, -0.25) is 0 Å². The molecule has 0 unspecified atom stereocenters. The van der Waals surface area contributed by atoms with E-state index >= 15 is 0 Å². The number of carbonyl (C=O) groups is 1. The molecule has 1 aliphatic rings. The summed E-state index contributed by atoms with van der Waals surface area (Å²) in [7, 11) is 4.87. The van der Waals surface area contributed by atoms with Crippen LogP contribution >= 0.6 is 0 Å². The monoisotopic (exact) mass is 490 g/mol. The molecule has 10 heteroatoms. The first-order chi connectivity index (χ1) is 16.7. The van der Waals surface area contributed by atoms with Gasteiger partial charge < -0.3 is 20.6 Å². The number of nitrogens with zero attached hydrogens (tertiary/aromatic N) is 4. The van der Waals surface area contributed by atoms with Crippen LogP contribution in [0.3, 0.4) is 0 Å². The van der Waals surface area contributed by atoms with E-state index in [4.69, 9.17) is 5.11 Å². The Bertz CT molecular complexity index is 1030. The van der Waals surface area contributed by atoms with Crippen LogP contribution < -0.4 is 15.5 Å². The lowest BCUT2D eigenvalue weighted by molar-refractivity contribution is 0.246. The van der Waals surface area contributed by atoms with Crippen molar-refractivity contribution in [1.82, 2.24) is 20.2 Å². The summed E-state index contributed by atoms with van der Waals surface area (Å²) in [4.78, 5) is 24.8. The highest BCUT2D eigenvalue weighted by Gasteiger charge is 2.34. The molecule has 0 fully saturated rings. The van der Waals surface area contributed by atoms with Crippen molar-refractivity contribution in [2.24, 2.45) is 0 Å². The first-order valence-electron chi connectivity index (χ1n) is 11.3. The minimum absolute atomic E-state index is 0.124. The fourth-order valence-corrected chi connectivity index (χ4v) is 3.30. The number of rotatable bonds is 7. The second-order valence-electron chi connectivity index (χ2n) is 7.61. The number of benzene rings is 1. The van der Waals surface area contributed by atoms with E-state index in [-0.39, 0.29) is 18.3 Å². The highest BCUT2D eigenvalue weighted by molar-refractivity contribution is 6.02. The molecule has 0 atom stereocenters. The van der Waals surface area contributed by atoms with Crippen molar-refractivity contribution < 1.29 is 18.7 Å². The van der Waals surface area contributed by atoms with Crippen molar-refractivity contribution in [3.63, 3.8) is 0 Å². The summed E-state index contributed by atoms with van der Waals surface area (Å²) in [5.41, 5.74) is 2.34. The highest BCUT2D eigenvalue weighted by Crippen LogP contribution is 2.37. The van der Waals surface area contributed by atoms with Crippen molar-refractivity contribution in [3.8, 4) is 0 Å². The Morgan fingerprint density at radius 3 is 2.34 bits per heavy atom. The fraction of sp³-hybridized carbons (Fsp3) is 0.400. The molecule has 1 aromatic carbocycles. The number of para-hydroxylation sites is 1. The molecule has 35 heavy (non-hydrogen) atoms. The molecule has 1 aliphatic heterocycles. The molecule has 0 saturated carbocycles. The quantitative estimate of drug-likeness (QED) is 0.487. The van der Waals surface area contributed by atoms with Crippen molar-refractivity contribution in [2.45, 2.75) is 34.2 Å². The molecule has 1 aromatic heterocycles. The lowest BCUT2D eigenvalue weighted by atomic mass is 10.0. The summed E-state index contributed by atoms with van der Waals surface area (Å²) < 4.78 is 29.2. The third kappa shape index (κ3) is 7.06. The molecular weight excluding hydrogens is 454 g/mol. The van der Waals surface area contributed by atoms with E-state index in [1.54, 1.807) is 6.08 Å². The number of likely N-dealkylation sites (N-methyl/N-ethyl adjacent to an activating group) is 1. The average Bonchev–Trinajstić information content (AvgIpc) is 2.83. The van der Waals surface area contributed by atoms with Crippen molar-refractivity contribution in [1.29, 1.82) is 0 Å². The largest absolute Gasteiger partial charge is 0.400 e. The van der Waals surface area contributed by atoms with Gasteiger partial charge in [0, 0.05) is 25.8 Å². The number of nitrogens with one attached hydrogen (secondary N) is 2. The summed E-state index contributed by atoms with van der Waals surface area (Å²) in [5, 5.41) is 12.8. The molecule has 2 aromatic rings. The second kappa shape index (κ2) is 14.1. The maximum atomic E-state index is 14.6. The van der Waals surface area contributed by atoms with Crippen LogP contribution in [0.25, 0.3) is 5.57 Å². The predicted octanol–water partition coefficient (Wildman–Crippen LogP) is 4.70. The maximum Gasteiger partial charge on any atom is 0.328 e. The van der Waals surface area contributed by atoms with Crippen molar-refractivity contribution in [3.05, 3.63) is 59.3 Å². The maximum absolute atomic E-state index is 14.6. The molecule has 0 aliphatic carbocycles. The number of allylic oxidation sites excluding steroid dienone is 3. The number of amides is 2. The van der Waals surface area contributed by atoms with Crippen molar-refractivity contribution >= 4 is 29.1 Å². The molecule has 0 spiro atoms. The Hall–Kier alpha value is -3.37. The van der Waals surface area contributed by atoms with Gasteiger partial charge in [0.05, 0.1) is 12.2 Å². The van der Waals surface area contributed by atoms with Crippen molar-refractivity contribution in [2.75, 3.05) is 44.5 Å². The van der Waals surface area contributed by atoms with E-state index in [1.165, 1.54) is 6.07 Å². The lowest BCUT2D eigenvalue weighted by Crippen LogP contribution is -2.43. The van der Waals surface area contributed by atoms with Gasteiger partial charge in [0.25, 0.3) is 0 Å². The number of halogens is 2. The van der Waals surface area contributed by atoms with Gasteiger partial charge in [0.2, 0.25) is 5.95 Å². The fourth-order valence-electron chi connectivity index (χ4n) is 3.30. The SMILES string of the molecule is C=CC(=C(C)C)c1nc(NCCN(C)C)nc2c1CNC(=O)N2c1c(F)cccc1F.CC.CO. The summed E-state index contributed by atoms with van der Waals surface area (Å²) in [6, 6.07) is 2.78. The third-order valence-electron chi connectivity index (χ3n) is 4.82. The Labute approximate surface area is 206 Å². The Balaban J connectivity index is 0.00000145. The van der Waals surface area contributed by atoms with Crippen LogP contribution in [0.15, 0.2) is 36.4 Å². The number of aromatic nitrogens is 2. The molecule has 3 N–H and O–H groups in total. The first-order valence-corrected chi connectivity index (χ1v) is 11.3. The molecule has 8 nitrogen and oxygen atoms in total. The number of urea groups is 1. The molecular formula is C25H36F2N6O2. The summed E-state index contributed by atoms with van der Waals surface area (Å²) in [6.45, 7) is 13.1. The normalized spacial score (nSPS) is 11.9. The van der Waals surface area contributed by atoms with Crippen LogP contribution in [0.2, 0.25) is 0 Å². The molecule has 0 saturated heterocycles. The van der Waals surface area contributed by atoms with Gasteiger partial charge in [0.15, 0.2) is 5.82 Å². The molecule has 3 rings (SSSR count). The van der Waals surface area contributed by atoms with Gasteiger partial charge in [0.1, 0.15) is 17.3 Å². The van der Waals surface area contributed by atoms with E-state index < -0.39 is 23.4 Å². The van der Waals surface area contributed by atoms with Crippen LogP contribution in [0.4, 0.5) is 31.0 Å². The topological polar surface area (TPSA) is 93.6 Å². The van der Waals surface area contributed by atoms with Crippen LogP contribution in [-0.2, 0) is 6.54 Å². The molecule has 2 heterocycles. The Kier molecular flexibility index (Phi) is 12.0. The summed E-state index contributed by atoms with van der Waals surface area (Å²) in [6.07, 6.45) is 1.67. The Morgan fingerprint density at radius 1 is 1.23 bits per heavy atom. The first kappa shape index (κ1) is 29.7. The average molecular weight is 491 g/mol. The smallest absolute Gasteiger partial charge is 0.328 e. The zero-order chi connectivity index (χ0) is 26.7. The standard InChI is InChI=1S/C22H26F2N6O.C2H6.CH4O/c1-6-14(13(2)3)18-15-12-26-22(31)30(19-16(23)8-7-9-17(19)24)20(15)28-21(27-18)25-10-11-29(4)5;2*1-2/h6-9H,1,10-12H2,2-5H3,(H,26,31)(H,25,27,28);1-2H3;2H,1H3. The number of hydrogen-bond acceptors (Lipinski definition) is 6. The summed E-state index contributed by atoms with van der Waals surface area (Å²) >= 11 is 0. The van der Waals surface area contributed by atoms with Gasteiger partial charge in [-0.15, -0.1) is 0 Å². The molecule has 0 radical (unpaired) electrons. The van der Waals surface area contributed by atoms with E-state index in [2.05, 4.69) is 27.2 Å². The van der Waals surface area contributed by atoms with Gasteiger partial charge in [-0.1, -0.05) is 38.1 Å². The summed E-state index contributed by atoms with van der Waals surface area (Å²) in [5.74, 6) is -1.34. The minimum Gasteiger partial charge on any atom is -0.400 e. The number of anilines is 3. The lowest BCUT2D eigenvalue weighted by Gasteiger charge is -2.31. The minimum atomic E-state index is -0.864. The third-order valence-corrected chi connectivity index (χ3v) is 4.82. The van der Waals surface area contributed by atoms with Crippen LogP contribution in [0, 0.1) is 11.6 Å². The highest BCUT2D eigenvalue weighted by atomic mass is 19.1.